The number of hydrogen-bond acceptors (Lipinski definition) is 3. The summed E-state index contributed by atoms with van der Waals surface area (Å²) in [5, 5.41) is 10.7. The third kappa shape index (κ3) is 3.01. The molecule has 0 aromatic heterocycles. The monoisotopic (exact) mass is 294 g/mol. The van der Waals surface area contributed by atoms with Gasteiger partial charge in [0.05, 0.1) is 6.10 Å². The Hall–Kier alpha value is -0.610. The Labute approximate surface area is 125 Å². The SMILES string of the molecule is NC(CCN1CC2CCC(O)C2C1)c1cccc(Cl)c1. The van der Waals surface area contributed by atoms with E-state index in [0.29, 0.717) is 11.8 Å². The lowest BCUT2D eigenvalue weighted by Crippen LogP contribution is -2.28. The first-order valence-corrected chi connectivity index (χ1v) is 7.93. The van der Waals surface area contributed by atoms with E-state index < -0.39 is 0 Å². The van der Waals surface area contributed by atoms with Crippen molar-refractivity contribution < 1.29 is 5.11 Å². The molecular formula is C16H23ClN2O. The molecule has 4 heteroatoms. The van der Waals surface area contributed by atoms with Gasteiger partial charge in [0.15, 0.2) is 0 Å². The quantitative estimate of drug-likeness (QED) is 0.897. The van der Waals surface area contributed by atoms with E-state index in [1.54, 1.807) is 0 Å². The van der Waals surface area contributed by atoms with Crippen LogP contribution in [0.25, 0.3) is 0 Å². The number of halogens is 1. The maximum atomic E-state index is 9.94. The summed E-state index contributed by atoms with van der Waals surface area (Å²) in [6.07, 6.45) is 3.04. The van der Waals surface area contributed by atoms with Gasteiger partial charge in [0.25, 0.3) is 0 Å². The average molecular weight is 295 g/mol. The second kappa shape index (κ2) is 6.02. The van der Waals surface area contributed by atoms with Gasteiger partial charge in [-0.3, -0.25) is 0 Å². The Morgan fingerprint density at radius 2 is 2.20 bits per heavy atom. The first-order chi connectivity index (χ1) is 9.63. The van der Waals surface area contributed by atoms with Crippen LogP contribution in [0, 0.1) is 11.8 Å². The van der Waals surface area contributed by atoms with Gasteiger partial charge >= 0.3 is 0 Å². The van der Waals surface area contributed by atoms with E-state index >= 15 is 0 Å². The van der Waals surface area contributed by atoms with E-state index in [0.717, 1.165) is 43.1 Å². The minimum atomic E-state index is -0.0772. The summed E-state index contributed by atoms with van der Waals surface area (Å²) in [7, 11) is 0. The number of nitrogens with two attached hydrogens (primary N) is 1. The Bertz CT molecular complexity index is 468. The van der Waals surface area contributed by atoms with Gasteiger partial charge < -0.3 is 15.7 Å². The lowest BCUT2D eigenvalue weighted by Gasteiger charge is -2.20. The van der Waals surface area contributed by atoms with E-state index in [1.165, 1.54) is 6.42 Å². The molecule has 3 N–H and O–H groups in total. The molecular weight excluding hydrogens is 272 g/mol. The smallest absolute Gasteiger partial charge is 0.0583 e. The minimum Gasteiger partial charge on any atom is -0.393 e. The van der Waals surface area contributed by atoms with Crippen LogP contribution in [0.5, 0.6) is 0 Å². The van der Waals surface area contributed by atoms with Crippen molar-refractivity contribution >= 4 is 11.6 Å². The molecule has 20 heavy (non-hydrogen) atoms. The summed E-state index contributed by atoms with van der Waals surface area (Å²) in [4.78, 5) is 2.46. The van der Waals surface area contributed by atoms with Crippen molar-refractivity contribution in [3.05, 3.63) is 34.9 Å². The van der Waals surface area contributed by atoms with Gasteiger partial charge in [-0.25, -0.2) is 0 Å². The van der Waals surface area contributed by atoms with Gasteiger partial charge in [-0.1, -0.05) is 23.7 Å². The largest absolute Gasteiger partial charge is 0.393 e. The van der Waals surface area contributed by atoms with Crippen LogP contribution in [0.3, 0.4) is 0 Å². The molecule has 0 bridgehead atoms. The first-order valence-electron chi connectivity index (χ1n) is 7.55. The maximum absolute atomic E-state index is 9.94. The van der Waals surface area contributed by atoms with E-state index in [-0.39, 0.29) is 12.1 Å². The summed E-state index contributed by atoms with van der Waals surface area (Å²) < 4.78 is 0. The molecule has 2 aliphatic rings. The zero-order valence-corrected chi connectivity index (χ0v) is 12.5. The molecule has 1 aromatic rings. The zero-order chi connectivity index (χ0) is 14.1. The summed E-state index contributed by atoms with van der Waals surface area (Å²) in [5.41, 5.74) is 7.36. The summed E-state index contributed by atoms with van der Waals surface area (Å²) in [6, 6.07) is 7.86. The van der Waals surface area contributed by atoms with Crippen molar-refractivity contribution in [3.63, 3.8) is 0 Å². The standard InChI is InChI=1S/C16H23ClN2O/c17-13-3-1-2-11(8-13)15(18)6-7-19-9-12-4-5-16(20)14(12)10-19/h1-3,8,12,14-16,20H,4-7,9-10,18H2. The van der Waals surface area contributed by atoms with Crippen LogP contribution in [0.1, 0.15) is 30.9 Å². The fourth-order valence-corrected chi connectivity index (χ4v) is 3.94. The van der Waals surface area contributed by atoms with E-state index in [4.69, 9.17) is 17.3 Å². The summed E-state index contributed by atoms with van der Waals surface area (Å²) in [5.74, 6) is 1.20. The predicted octanol–water partition coefficient (Wildman–Crippen LogP) is 2.43. The number of fused-ring (bicyclic) bond motifs is 1. The number of hydrogen-bond donors (Lipinski definition) is 2. The Morgan fingerprint density at radius 1 is 1.35 bits per heavy atom. The molecule has 1 aliphatic carbocycles. The maximum Gasteiger partial charge on any atom is 0.0583 e. The molecule has 3 nitrogen and oxygen atoms in total. The van der Waals surface area contributed by atoms with E-state index in [1.807, 2.05) is 24.3 Å². The van der Waals surface area contributed by atoms with Crippen LogP contribution in [-0.2, 0) is 0 Å². The third-order valence-electron chi connectivity index (χ3n) is 4.93. The number of benzene rings is 1. The van der Waals surface area contributed by atoms with Gasteiger partial charge in [0, 0.05) is 30.1 Å². The van der Waals surface area contributed by atoms with Crippen molar-refractivity contribution in [1.82, 2.24) is 4.90 Å². The number of aliphatic hydroxyl groups excluding tert-OH is 1. The molecule has 1 aromatic carbocycles. The number of likely N-dealkylation sites (tertiary alicyclic amines) is 1. The fourth-order valence-electron chi connectivity index (χ4n) is 3.74. The lowest BCUT2D eigenvalue weighted by molar-refractivity contribution is 0.124. The van der Waals surface area contributed by atoms with Crippen molar-refractivity contribution in [2.75, 3.05) is 19.6 Å². The van der Waals surface area contributed by atoms with Crippen LogP contribution in [-0.4, -0.2) is 35.7 Å². The number of rotatable bonds is 4. The highest BCUT2D eigenvalue weighted by molar-refractivity contribution is 6.30. The Kier molecular flexibility index (Phi) is 4.32. The van der Waals surface area contributed by atoms with Crippen molar-refractivity contribution in [2.24, 2.45) is 17.6 Å². The molecule has 0 amide bonds. The van der Waals surface area contributed by atoms with Crippen LogP contribution in [0.15, 0.2) is 24.3 Å². The Morgan fingerprint density at radius 3 is 2.95 bits per heavy atom. The topological polar surface area (TPSA) is 49.5 Å². The lowest BCUT2D eigenvalue weighted by atomic mass is 10.00. The predicted molar refractivity (Wildman–Crippen MR) is 81.7 cm³/mol. The summed E-state index contributed by atoms with van der Waals surface area (Å²) >= 11 is 6.00. The second-order valence-corrected chi connectivity index (χ2v) is 6.71. The molecule has 3 rings (SSSR count). The van der Waals surface area contributed by atoms with Gasteiger partial charge in [0.2, 0.25) is 0 Å². The molecule has 110 valence electrons. The molecule has 4 atom stereocenters. The van der Waals surface area contributed by atoms with Gasteiger partial charge in [-0.15, -0.1) is 0 Å². The van der Waals surface area contributed by atoms with Crippen LogP contribution < -0.4 is 5.73 Å². The molecule has 4 unspecified atom stereocenters. The fraction of sp³-hybridized carbons (Fsp3) is 0.625. The normalized spacial score (nSPS) is 31.4. The molecule has 2 fully saturated rings. The number of aliphatic hydroxyl groups is 1. The van der Waals surface area contributed by atoms with Crippen LogP contribution in [0.2, 0.25) is 5.02 Å². The summed E-state index contributed by atoms with van der Waals surface area (Å²) in [6.45, 7) is 3.17. The van der Waals surface area contributed by atoms with Gasteiger partial charge in [0.1, 0.15) is 0 Å². The molecule has 0 spiro atoms. The first kappa shape index (κ1) is 14.3. The molecule has 1 heterocycles. The van der Waals surface area contributed by atoms with Crippen LogP contribution >= 0.6 is 11.6 Å². The molecule has 1 aliphatic heterocycles. The number of nitrogens with zero attached hydrogens (tertiary/aromatic N) is 1. The molecule has 1 saturated heterocycles. The zero-order valence-electron chi connectivity index (χ0n) is 11.7. The van der Waals surface area contributed by atoms with Crippen molar-refractivity contribution in [3.8, 4) is 0 Å². The van der Waals surface area contributed by atoms with Gasteiger partial charge in [-0.05, 0) is 49.4 Å². The third-order valence-corrected chi connectivity index (χ3v) is 5.16. The van der Waals surface area contributed by atoms with Crippen molar-refractivity contribution in [1.29, 1.82) is 0 Å². The molecule has 1 saturated carbocycles. The van der Waals surface area contributed by atoms with Gasteiger partial charge in [-0.2, -0.15) is 0 Å². The average Bonchev–Trinajstić information content (AvgIpc) is 2.98. The Balaban J connectivity index is 1.50. The van der Waals surface area contributed by atoms with E-state index in [2.05, 4.69) is 4.90 Å². The second-order valence-electron chi connectivity index (χ2n) is 6.28. The highest BCUT2D eigenvalue weighted by Crippen LogP contribution is 2.38. The van der Waals surface area contributed by atoms with Crippen molar-refractivity contribution in [2.45, 2.75) is 31.4 Å². The highest BCUT2D eigenvalue weighted by atomic mass is 35.5. The van der Waals surface area contributed by atoms with E-state index in [9.17, 15) is 5.11 Å². The molecule has 0 radical (unpaired) electrons. The highest BCUT2D eigenvalue weighted by Gasteiger charge is 2.41. The minimum absolute atomic E-state index is 0.0408. The van der Waals surface area contributed by atoms with Crippen LogP contribution in [0.4, 0.5) is 0 Å².